The highest BCUT2D eigenvalue weighted by Crippen LogP contribution is 2.12. The van der Waals surface area contributed by atoms with Crippen molar-refractivity contribution in [2.75, 3.05) is 6.61 Å². The van der Waals surface area contributed by atoms with Crippen LogP contribution < -0.4 is 27.4 Å². The molecule has 4 amide bonds. The quantitative estimate of drug-likeness (QED) is 0.138. The summed E-state index contributed by atoms with van der Waals surface area (Å²) >= 11 is 0. The highest BCUT2D eigenvalue weighted by molar-refractivity contribution is 5.94. The number of rotatable bonds is 14. The van der Waals surface area contributed by atoms with Gasteiger partial charge in [0.2, 0.25) is 23.6 Å². The molecule has 0 aliphatic carbocycles. The fourth-order valence-corrected chi connectivity index (χ4v) is 3.02. The normalized spacial score (nSPS) is 14.3. The van der Waals surface area contributed by atoms with E-state index in [-0.39, 0.29) is 25.0 Å². The summed E-state index contributed by atoms with van der Waals surface area (Å²) in [4.78, 5) is 60.2. The van der Waals surface area contributed by atoms with Gasteiger partial charge in [0.25, 0.3) is 0 Å². The number of carbonyl (C=O) groups excluding carboxylic acids is 4. The van der Waals surface area contributed by atoms with Crippen LogP contribution in [0.2, 0.25) is 0 Å². The van der Waals surface area contributed by atoms with E-state index in [0.717, 1.165) is 0 Å². The van der Waals surface area contributed by atoms with Gasteiger partial charge in [-0.2, -0.15) is 0 Å². The van der Waals surface area contributed by atoms with Gasteiger partial charge >= 0.3 is 5.97 Å². The third kappa shape index (κ3) is 9.98. The number of hydrogen-bond donors (Lipinski definition) is 8. The van der Waals surface area contributed by atoms with E-state index in [1.807, 2.05) is 0 Å². The molecular formula is C22H33N5O8. The molecule has 10 N–H and O–H groups in total. The van der Waals surface area contributed by atoms with E-state index >= 15 is 0 Å². The second kappa shape index (κ2) is 13.9. The van der Waals surface area contributed by atoms with Gasteiger partial charge in [0.15, 0.2) is 0 Å². The van der Waals surface area contributed by atoms with Gasteiger partial charge in [-0.25, -0.2) is 4.79 Å². The van der Waals surface area contributed by atoms with E-state index in [4.69, 9.17) is 11.5 Å². The largest absolute Gasteiger partial charge is 0.508 e. The molecule has 0 aliphatic rings. The number of nitrogens with one attached hydrogen (secondary N) is 3. The van der Waals surface area contributed by atoms with Gasteiger partial charge in [-0.1, -0.05) is 26.0 Å². The van der Waals surface area contributed by atoms with E-state index in [0.29, 0.717) is 5.56 Å². The maximum Gasteiger partial charge on any atom is 0.326 e. The van der Waals surface area contributed by atoms with Crippen LogP contribution in [0.3, 0.4) is 0 Å². The molecule has 0 spiro atoms. The van der Waals surface area contributed by atoms with Crippen LogP contribution in [-0.2, 0) is 30.4 Å². The number of nitrogens with two attached hydrogens (primary N) is 2. The maximum absolute atomic E-state index is 12.8. The first-order valence-electron chi connectivity index (χ1n) is 10.9. The summed E-state index contributed by atoms with van der Waals surface area (Å²) in [6.07, 6.45) is -0.275. The summed E-state index contributed by atoms with van der Waals surface area (Å²) in [5.41, 5.74) is 11.2. The van der Waals surface area contributed by atoms with Gasteiger partial charge in [-0.15, -0.1) is 0 Å². The molecule has 4 atom stereocenters. The van der Waals surface area contributed by atoms with E-state index in [9.17, 15) is 39.3 Å². The number of aliphatic carboxylic acids is 1. The van der Waals surface area contributed by atoms with Crippen molar-refractivity contribution < 1.29 is 39.3 Å². The smallest absolute Gasteiger partial charge is 0.326 e. The monoisotopic (exact) mass is 495 g/mol. The average Bonchev–Trinajstić information content (AvgIpc) is 2.79. The van der Waals surface area contributed by atoms with Crippen LogP contribution in [0.1, 0.15) is 32.3 Å². The number of carboxylic acid groups (broad SMARTS) is 1. The number of aromatic hydroxyl groups is 1. The number of aliphatic hydroxyl groups is 1. The number of aliphatic hydroxyl groups excluding tert-OH is 1. The van der Waals surface area contributed by atoms with Crippen LogP contribution in [0, 0.1) is 5.92 Å². The van der Waals surface area contributed by atoms with E-state index < -0.39 is 66.3 Å². The van der Waals surface area contributed by atoms with Gasteiger partial charge < -0.3 is 42.7 Å². The van der Waals surface area contributed by atoms with Crippen molar-refractivity contribution in [3.63, 3.8) is 0 Å². The van der Waals surface area contributed by atoms with Gasteiger partial charge in [-0.05, 0) is 30.0 Å². The zero-order chi connectivity index (χ0) is 26.7. The summed E-state index contributed by atoms with van der Waals surface area (Å²) in [5, 5.41) is 35.5. The SMILES string of the molecule is CC(C)C(NC(=O)C(CO)NC(=O)C(N)CCC(N)=O)C(=O)NC(Cc1ccc(O)cc1)C(=O)O. The van der Waals surface area contributed by atoms with Gasteiger partial charge in [0, 0.05) is 12.8 Å². The Morgan fingerprint density at radius 1 is 0.914 bits per heavy atom. The van der Waals surface area contributed by atoms with Crippen LogP contribution in [0.25, 0.3) is 0 Å². The molecule has 0 saturated carbocycles. The first kappa shape index (κ1) is 29.3. The van der Waals surface area contributed by atoms with Crippen LogP contribution in [0.5, 0.6) is 5.75 Å². The van der Waals surface area contributed by atoms with Crippen molar-refractivity contribution in [1.29, 1.82) is 0 Å². The molecule has 0 heterocycles. The highest BCUT2D eigenvalue weighted by atomic mass is 16.4. The fraction of sp³-hybridized carbons (Fsp3) is 0.500. The molecule has 13 heteroatoms. The van der Waals surface area contributed by atoms with E-state index in [1.165, 1.54) is 24.3 Å². The van der Waals surface area contributed by atoms with E-state index in [1.54, 1.807) is 13.8 Å². The molecule has 0 aromatic heterocycles. The summed E-state index contributed by atoms with van der Waals surface area (Å²) in [7, 11) is 0. The standard InChI is InChI=1S/C22H33N5O8/c1-11(2)18(21(33)25-15(22(34)35)9-12-3-5-13(29)6-4-12)27-20(32)16(10-28)26-19(31)14(23)7-8-17(24)30/h3-6,11,14-16,18,28-29H,7-10,23H2,1-2H3,(H2,24,30)(H,25,33)(H,26,31)(H,27,32)(H,34,35). The summed E-state index contributed by atoms with van der Waals surface area (Å²) in [5.74, 6) is -4.89. The molecule has 0 saturated heterocycles. The molecule has 1 aromatic rings. The van der Waals surface area contributed by atoms with Crippen molar-refractivity contribution >= 4 is 29.6 Å². The number of phenols is 1. The molecule has 35 heavy (non-hydrogen) atoms. The first-order chi connectivity index (χ1) is 16.3. The molecule has 0 bridgehead atoms. The Balaban J connectivity index is 2.84. The second-order valence-electron chi connectivity index (χ2n) is 8.36. The number of carboxylic acids is 1. The molecule has 4 unspecified atom stereocenters. The lowest BCUT2D eigenvalue weighted by molar-refractivity contribution is -0.142. The zero-order valence-electron chi connectivity index (χ0n) is 19.6. The number of carbonyl (C=O) groups is 5. The van der Waals surface area contributed by atoms with Crippen molar-refractivity contribution in [3.05, 3.63) is 29.8 Å². The molecule has 0 aliphatic heterocycles. The lowest BCUT2D eigenvalue weighted by Gasteiger charge is -2.26. The second-order valence-corrected chi connectivity index (χ2v) is 8.36. The molecule has 13 nitrogen and oxygen atoms in total. The third-order valence-electron chi connectivity index (χ3n) is 5.09. The molecule has 1 aromatic carbocycles. The van der Waals surface area contributed by atoms with Crippen LogP contribution in [0.4, 0.5) is 0 Å². The van der Waals surface area contributed by atoms with Crippen molar-refractivity contribution in [3.8, 4) is 5.75 Å². The van der Waals surface area contributed by atoms with Crippen LogP contribution >= 0.6 is 0 Å². The minimum Gasteiger partial charge on any atom is -0.508 e. The number of benzene rings is 1. The molecule has 1 rings (SSSR count). The fourth-order valence-electron chi connectivity index (χ4n) is 3.02. The predicted molar refractivity (Wildman–Crippen MR) is 124 cm³/mol. The Morgan fingerprint density at radius 3 is 1.97 bits per heavy atom. The number of primary amides is 1. The predicted octanol–water partition coefficient (Wildman–Crippen LogP) is -2.29. The molecular weight excluding hydrogens is 462 g/mol. The summed E-state index contributed by atoms with van der Waals surface area (Å²) in [6.45, 7) is 2.43. The van der Waals surface area contributed by atoms with Gasteiger partial charge in [0.05, 0.1) is 12.6 Å². The van der Waals surface area contributed by atoms with Crippen molar-refractivity contribution in [2.45, 2.75) is 57.3 Å². The van der Waals surface area contributed by atoms with Crippen LogP contribution in [0.15, 0.2) is 24.3 Å². The Morgan fingerprint density at radius 2 is 1.49 bits per heavy atom. The van der Waals surface area contributed by atoms with Gasteiger partial charge in [-0.3, -0.25) is 19.2 Å². The first-order valence-corrected chi connectivity index (χ1v) is 10.9. The van der Waals surface area contributed by atoms with E-state index in [2.05, 4.69) is 16.0 Å². The molecule has 194 valence electrons. The summed E-state index contributed by atoms with van der Waals surface area (Å²) in [6, 6.07) is 0.713. The minimum absolute atomic E-state index is 0.00611. The average molecular weight is 496 g/mol. The van der Waals surface area contributed by atoms with Crippen LogP contribution in [-0.4, -0.2) is 75.7 Å². The number of hydrogen-bond acceptors (Lipinski definition) is 8. The third-order valence-corrected chi connectivity index (χ3v) is 5.09. The molecule has 0 radical (unpaired) electrons. The minimum atomic E-state index is -1.44. The highest BCUT2D eigenvalue weighted by Gasteiger charge is 2.31. The zero-order valence-corrected chi connectivity index (χ0v) is 19.6. The maximum atomic E-state index is 12.8. The lowest BCUT2D eigenvalue weighted by atomic mass is 10.0. The molecule has 0 fully saturated rings. The Kier molecular flexibility index (Phi) is 11.6. The topological polar surface area (TPSA) is 234 Å². The summed E-state index contributed by atoms with van der Waals surface area (Å²) < 4.78 is 0. The van der Waals surface area contributed by atoms with Crippen molar-refractivity contribution in [1.82, 2.24) is 16.0 Å². The Hall–Kier alpha value is -3.71. The lowest BCUT2D eigenvalue weighted by Crippen LogP contribution is -2.59. The Labute approximate surface area is 202 Å². The Bertz CT molecular complexity index is 906. The van der Waals surface area contributed by atoms with Crippen molar-refractivity contribution in [2.24, 2.45) is 17.4 Å². The number of phenolic OH excluding ortho intramolecular Hbond substituents is 1. The number of amides is 4. The van der Waals surface area contributed by atoms with Gasteiger partial charge in [0.1, 0.15) is 23.9 Å².